The molecule has 0 radical (unpaired) electrons. The van der Waals surface area contributed by atoms with Crippen LogP contribution in [0, 0.1) is 11.6 Å². The summed E-state index contributed by atoms with van der Waals surface area (Å²) in [5.74, 6) is -1.23. The van der Waals surface area contributed by atoms with E-state index in [0.29, 0.717) is 0 Å². The molecule has 1 heterocycles. The van der Waals surface area contributed by atoms with Gasteiger partial charge in [-0.15, -0.1) is 0 Å². The van der Waals surface area contributed by atoms with Gasteiger partial charge in [-0.05, 0) is 23.7 Å². The molecule has 0 bridgehead atoms. The van der Waals surface area contributed by atoms with Crippen LogP contribution in [0.4, 0.5) is 20.3 Å². The number of nitrogens with zero attached hydrogens (tertiary/aromatic N) is 2. The zero-order valence-corrected chi connectivity index (χ0v) is 9.73. The Morgan fingerprint density at radius 3 is 2.35 bits per heavy atom. The Kier molecular flexibility index (Phi) is 3.40. The highest BCUT2D eigenvalue weighted by atomic mass is 35.5. The van der Waals surface area contributed by atoms with Crippen LogP contribution in [0.2, 0.25) is 10.3 Å². The molecular weight excluding hydrogens is 271 g/mol. The molecule has 0 saturated carbocycles. The molecule has 1 aromatic heterocycles. The van der Waals surface area contributed by atoms with Gasteiger partial charge in [0, 0.05) is 11.8 Å². The van der Waals surface area contributed by atoms with E-state index in [-0.39, 0.29) is 21.8 Å². The molecular formula is C10H5Cl2F2N3. The van der Waals surface area contributed by atoms with Crippen molar-refractivity contribution in [2.75, 3.05) is 5.32 Å². The first-order valence-corrected chi connectivity index (χ1v) is 5.21. The smallest absolute Gasteiger partial charge is 0.224 e. The quantitative estimate of drug-likeness (QED) is 0.847. The van der Waals surface area contributed by atoms with Crippen molar-refractivity contribution >= 4 is 34.7 Å². The maximum Gasteiger partial charge on any atom is 0.224 e. The fourth-order valence-corrected chi connectivity index (χ4v) is 1.47. The third-order valence-corrected chi connectivity index (χ3v) is 2.30. The summed E-state index contributed by atoms with van der Waals surface area (Å²) in [7, 11) is 0. The number of anilines is 2. The summed E-state index contributed by atoms with van der Waals surface area (Å²) >= 11 is 11.4. The molecule has 0 aliphatic rings. The average molecular weight is 276 g/mol. The molecule has 2 rings (SSSR count). The molecule has 17 heavy (non-hydrogen) atoms. The molecule has 0 unspecified atom stereocenters. The SMILES string of the molecule is Fc1cc(F)cc(Nc2nc(Cl)ncc2Cl)c1. The standard InChI is InChI=1S/C10H5Cl2F2N3/c11-8-4-15-10(12)17-9(8)16-7-2-5(13)1-6(14)3-7/h1-4H,(H,15,16,17). The third-order valence-electron chi connectivity index (χ3n) is 1.84. The van der Waals surface area contributed by atoms with Crippen LogP contribution in [-0.4, -0.2) is 9.97 Å². The highest BCUT2D eigenvalue weighted by molar-refractivity contribution is 6.33. The predicted octanol–water partition coefficient (Wildman–Crippen LogP) is 3.81. The van der Waals surface area contributed by atoms with Crippen LogP contribution in [-0.2, 0) is 0 Å². The minimum atomic E-state index is -0.705. The summed E-state index contributed by atoms with van der Waals surface area (Å²) in [5, 5.41) is 2.82. The molecule has 0 aliphatic carbocycles. The minimum Gasteiger partial charge on any atom is -0.339 e. The number of benzene rings is 1. The number of hydrogen-bond acceptors (Lipinski definition) is 3. The Morgan fingerprint density at radius 2 is 1.71 bits per heavy atom. The fraction of sp³-hybridized carbons (Fsp3) is 0. The lowest BCUT2D eigenvalue weighted by atomic mass is 10.3. The van der Waals surface area contributed by atoms with Gasteiger partial charge in [-0.25, -0.2) is 13.8 Å². The topological polar surface area (TPSA) is 37.8 Å². The van der Waals surface area contributed by atoms with Crippen LogP contribution >= 0.6 is 23.2 Å². The normalized spacial score (nSPS) is 10.4. The van der Waals surface area contributed by atoms with Crippen molar-refractivity contribution in [3.05, 3.63) is 46.3 Å². The Balaban J connectivity index is 2.34. The van der Waals surface area contributed by atoms with Crippen LogP contribution in [0.1, 0.15) is 0 Å². The van der Waals surface area contributed by atoms with Gasteiger partial charge in [0.15, 0.2) is 5.82 Å². The summed E-state index contributed by atoms with van der Waals surface area (Å²) < 4.78 is 25.9. The number of halogens is 4. The highest BCUT2D eigenvalue weighted by Gasteiger charge is 2.06. The zero-order chi connectivity index (χ0) is 12.4. The van der Waals surface area contributed by atoms with Crippen LogP contribution in [0.25, 0.3) is 0 Å². The van der Waals surface area contributed by atoms with Gasteiger partial charge in [0.1, 0.15) is 16.7 Å². The van der Waals surface area contributed by atoms with E-state index in [1.807, 2.05) is 0 Å². The zero-order valence-electron chi connectivity index (χ0n) is 8.22. The Hall–Kier alpha value is -1.46. The lowest BCUT2D eigenvalue weighted by molar-refractivity contribution is 0.584. The second-order valence-electron chi connectivity index (χ2n) is 3.12. The molecule has 0 spiro atoms. The van der Waals surface area contributed by atoms with Crippen LogP contribution in [0.15, 0.2) is 24.4 Å². The summed E-state index contributed by atoms with van der Waals surface area (Å²) in [4.78, 5) is 7.44. The van der Waals surface area contributed by atoms with Gasteiger partial charge >= 0.3 is 0 Å². The molecule has 0 aliphatic heterocycles. The summed E-state index contributed by atoms with van der Waals surface area (Å²) in [6, 6.07) is 2.98. The first kappa shape index (κ1) is 12.0. The van der Waals surface area contributed by atoms with Gasteiger partial charge in [-0.2, -0.15) is 4.98 Å². The molecule has 7 heteroatoms. The van der Waals surface area contributed by atoms with Crippen molar-refractivity contribution in [2.24, 2.45) is 0 Å². The van der Waals surface area contributed by atoms with Crippen molar-refractivity contribution in [1.82, 2.24) is 9.97 Å². The molecule has 3 nitrogen and oxygen atoms in total. The molecule has 0 fully saturated rings. The number of hydrogen-bond donors (Lipinski definition) is 1. The second-order valence-corrected chi connectivity index (χ2v) is 3.86. The van der Waals surface area contributed by atoms with Gasteiger partial charge < -0.3 is 5.32 Å². The van der Waals surface area contributed by atoms with Crippen molar-refractivity contribution in [1.29, 1.82) is 0 Å². The lowest BCUT2D eigenvalue weighted by Crippen LogP contribution is -1.97. The second kappa shape index (κ2) is 4.81. The van der Waals surface area contributed by atoms with Crippen molar-refractivity contribution in [3.8, 4) is 0 Å². The van der Waals surface area contributed by atoms with Gasteiger partial charge in [0.05, 0.1) is 6.20 Å². The molecule has 1 aromatic carbocycles. The minimum absolute atomic E-state index is 0.0197. The molecule has 1 N–H and O–H groups in total. The molecule has 0 atom stereocenters. The maximum absolute atomic E-state index is 12.9. The van der Waals surface area contributed by atoms with Gasteiger partial charge in [-0.1, -0.05) is 11.6 Å². The van der Waals surface area contributed by atoms with Crippen LogP contribution < -0.4 is 5.32 Å². The van der Waals surface area contributed by atoms with Crippen LogP contribution in [0.5, 0.6) is 0 Å². The van der Waals surface area contributed by atoms with Crippen molar-refractivity contribution in [3.63, 3.8) is 0 Å². The summed E-state index contributed by atoms with van der Waals surface area (Å²) in [6.45, 7) is 0. The van der Waals surface area contributed by atoms with E-state index in [4.69, 9.17) is 23.2 Å². The average Bonchev–Trinajstić information content (AvgIpc) is 2.22. The van der Waals surface area contributed by atoms with E-state index in [2.05, 4.69) is 15.3 Å². The third kappa shape index (κ3) is 3.01. The van der Waals surface area contributed by atoms with Crippen LogP contribution in [0.3, 0.4) is 0 Å². The maximum atomic E-state index is 12.9. The monoisotopic (exact) mass is 275 g/mol. The van der Waals surface area contributed by atoms with E-state index in [1.54, 1.807) is 0 Å². The first-order valence-electron chi connectivity index (χ1n) is 4.46. The summed E-state index contributed by atoms with van der Waals surface area (Å²) in [5.41, 5.74) is 0.180. The molecule has 0 amide bonds. The fourth-order valence-electron chi connectivity index (χ4n) is 1.20. The largest absolute Gasteiger partial charge is 0.339 e. The number of rotatable bonds is 2. The Bertz CT molecular complexity index is 543. The Morgan fingerprint density at radius 1 is 1.06 bits per heavy atom. The van der Waals surface area contributed by atoms with Gasteiger partial charge in [0.25, 0.3) is 0 Å². The molecule has 0 saturated heterocycles. The first-order chi connectivity index (χ1) is 8.04. The van der Waals surface area contributed by atoms with E-state index in [1.165, 1.54) is 6.20 Å². The number of nitrogens with one attached hydrogen (secondary N) is 1. The predicted molar refractivity (Wildman–Crippen MR) is 61.7 cm³/mol. The van der Waals surface area contributed by atoms with Crippen molar-refractivity contribution < 1.29 is 8.78 Å². The lowest BCUT2D eigenvalue weighted by Gasteiger charge is -2.07. The Labute approximate surface area is 105 Å². The molecule has 2 aromatic rings. The van der Waals surface area contributed by atoms with E-state index < -0.39 is 11.6 Å². The molecule has 88 valence electrons. The number of aromatic nitrogens is 2. The van der Waals surface area contributed by atoms with Crippen molar-refractivity contribution in [2.45, 2.75) is 0 Å². The van der Waals surface area contributed by atoms with Gasteiger partial charge in [-0.3, -0.25) is 0 Å². The van der Waals surface area contributed by atoms with E-state index >= 15 is 0 Å². The van der Waals surface area contributed by atoms with E-state index in [9.17, 15) is 8.78 Å². The highest BCUT2D eigenvalue weighted by Crippen LogP contribution is 2.24. The van der Waals surface area contributed by atoms with Gasteiger partial charge in [0.2, 0.25) is 5.28 Å². The van der Waals surface area contributed by atoms with E-state index in [0.717, 1.165) is 18.2 Å². The summed E-state index contributed by atoms with van der Waals surface area (Å²) in [6.07, 6.45) is 1.29.